The molecule has 1 aromatic carbocycles. The summed E-state index contributed by atoms with van der Waals surface area (Å²) in [5.41, 5.74) is 0.851. The summed E-state index contributed by atoms with van der Waals surface area (Å²) < 4.78 is 10.5. The van der Waals surface area contributed by atoms with E-state index in [1.54, 1.807) is 48.7 Å². The number of aromatic nitrogens is 1. The molecule has 0 saturated carbocycles. The number of benzene rings is 1. The van der Waals surface area contributed by atoms with Gasteiger partial charge in [-0.25, -0.2) is 0 Å². The number of nitrogens with one attached hydrogen (secondary N) is 1. The molecule has 0 aliphatic heterocycles. The van der Waals surface area contributed by atoms with Crippen LogP contribution in [-0.4, -0.2) is 22.0 Å². The summed E-state index contributed by atoms with van der Waals surface area (Å²) in [5, 5.41) is 12.8. The number of rotatable bonds is 4. The lowest BCUT2D eigenvalue weighted by molar-refractivity contribution is -0.132. The van der Waals surface area contributed by atoms with Crippen LogP contribution in [0.3, 0.4) is 0 Å². The zero-order valence-corrected chi connectivity index (χ0v) is 13.2. The summed E-state index contributed by atoms with van der Waals surface area (Å²) in [6.07, 6.45) is 3.04. The number of nitrogens with zero attached hydrogens (tertiary/aromatic N) is 1. The number of hydrogen-bond acceptors (Lipinski definition) is 6. The molecule has 0 saturated heterocycles. The molecule has 2 heterocycles. The van der Waals surface area contributed by atoms with Gasteiger partial charge in [0.2, 0.25) is 17.4 Å². The summed E-state index contributed by atoms with van der Waals surface area (Å²) in [5.74, 6) is -1.92. The Kier molecular flexibility index (Phi) is 4.47. The van der Waals surface area contributed by atoms with Crippen molar-refractivity contribution in [3.05, 3.63) is 60.4 Å². The third-order valence-corrected chi connectivity index (χ3v) is 3.27. The van der Waals surface area contributed by atoms with Gasteiger partial charge in [0.25, 0.3) is 5.91 Å². The predicted molar refractivity (Wildman–Crippen MR) is 89.3 cm³/mol. The molecule has 3 aromatic rings. The number of pyridine rings is 1. The van der Waals surface area contributed by atoms with Crippen molar-refractivity contribution in [2.24, 2.45) is 0 Å². The number of carbonyl (C=O) groups excluding carboxylic acids is 2. The molecule has 1 amide bonds. The maximum absolute atomic E-state index is 12.3. The minimum atomic E-state index is -0.663. The lowest BCUT2D eigenvalue weighted by atomic mass is 10.2. The quantitative estimate of drug-likeness (QED) is 0.708. The van der Waals surface area contributed by atoms with Gasteiger partial charge in [-0.3, -0.25) is 19.9 Å². The highest BCUT2D eigenvalue weighted by atomic mass is 16.6. The highest BCUT2D eigenvalue weighted by molar-refractivity contribution is 6.05. The molecule has 0 fully saturated rings. The number of furan rings is 1. The van der Waals surface area contributed by atoms with Gasteiger partial charge in [0, 0.05) is 30.4 Å². The lowest BCUT2D eigenvalue weighted by Crippen LogP contribution is -2.12. The molecule has 0 aliphatic carbocycles. The molecule has 0 bridgehead atoms. The van der Waals surface area contributed by atoms with Crippen LogP contribution in [0.15, 0.2) is 59.3 Å². The van der Waals surface area contributed by atoms with Crippen molar-refractivity contribution in [2.75, 3.05) is 5.32 Å². The van der Waals surface area contributed by atoms with Gasteiger partial charge in [-0.2, -0.15) is 0 Å². The Morgan fingerprint density at radius 3 is 2.56 bits per heavy atom. The van der Waals surface area contributed by atoms with Crippen LogP contribution >= 0.6 is 0 Å². The molecule has 3 rings (SSSR count). The Labute approximate surface area is 142 Å². The SMILES string of the molecule is CC(=O)Oc1c(NC(=O)c2ccccc2)oc(-c2cccnc2)c1O. The van der Waals surface area contributed by atoms with Crippen molar-refractivity contribution >= 4 is 17.8 Å². The van der Waals surface area contributed by atoms with Crippen LogP contribution in [0.5, 0.6) is 11.5 Å². The van der Waals surface area contributed by atoms with Gasteiger partial charge in [0.15, 0.2) is 5.76 Å². The smallest absolute Gasteiger partial charge is 0.308 e. The normalized spacial score (nSPS) is 10.3. The number of ether oxygens (including phenoxy) is 1. The van der Waals surface area contributed by atoms with Crippen LogP contribution in [0.1, 0.15) is 17.3 Å². The summed E-state index contributed by atoms with van der Waals surface area (Å²) in [6, 6.07) is 11.7. The maximum atomic E-state index is 12.3. The molecular formula is C18H14N2O5. The number of carbonyl (C=O) groups is 2. The van der Waals surface area contributed by atoms with Crippen molar-refractivity contribution in [1.82, 2.24) is 4.98 Å². The first-order valence-electron chi connectivity index (χ1n) is 7.37. The first kappa shape index (κ1) is 16.3. The molecule has 7 heteroatoms. The molecular weight excluding hydrogens is 324 g/mol. The van der Waals surface area contributed by atoms with E-state index in [0.717, 1.165) is 0 Å². The van der Waals surface area contributed by atoms with Crippen LogP contribution in [0, 0.1) is 0 Å². The number of aromatic hydroxyl groups is 1. The van der Waals surface area contributed by atoms with Crippen molar-refractivity contribution in [3.8, 4) is 22.8 Å². The highest BCUT2D eigenvalue weighted by Gasteiger charge is 2.25. The molecule has 2 aromatic heterocycles. The summed E-state index contributed by atoms with van der Waals surface area (Å²) in [7, 11) is 0. The van der Waals surface area contributed by atoms with E-state index in [0.29, 0.717) is 11.1 Å². The predicted octanol–water partition coefficient (Wildman–Crippen LogP) is 3.22. The Hall–Kier alpha value is -3.61. The van der Waals surface area contributed by atoms with Crippen LogP contribution < -0.4 is 10.1 Å². The monoisotopic (exact) mass is 338 g/mol. The largest absolute Gasteiger partial charge is 0.502 e. The molecule has 2 N–H and O–H groups in total. The zero-order valence-electron chi connectivity index (χ0n) is 13.2. The van der Waals surface area contributed by atoms with E-state index in [9.17, 15) is 14.7 Å². The zero-order chi connectivity index (χ0) is 17.8. The fraction of sp³-hybridized carbons (Fsp3) is 0.0556. The van der Waals surface area contributed by atoms with Crippen LogP contribution in [0.4, 0.5) is 5.88 Å². The lowest BCUT2D eigenvalue weighted by Gasteiger charge is -2.04. The first-order chi connectivity index (χ1) is 12.1. The Bertz CT molecular complexity index is 904. The third kappa shape index (κ3) is 3.50. The van der Waals surface area contributed by atoms with E-state index >= 15 is 0 Å². The molecule has 0 radical (unpaired) electrons. The summed E-state index contributed by atoms with van der Waals surface area (Å²) in [4.78, 5) is 27.6. The van der Waals surface area contributed by atoms with E-state index in [-0.39, 0.29) is 17.4 Å². The van der Waals surface area contributed by atoms with Crippen molar-refractivity contribution < 1.29 is 23.8 Å². The van der Waals surface area contributed by atoms with Gasteiger partial charge in [0.05, 0.1) is 0 Å². The van der Waals surface area contributed by atoms with E-state index in [4.69, 9.17) is 9.15 Å². The molecule has 0 aliphatic rings. The van der Waals surface area contributed by atoms with Crippen LogP contribution in [0.25, 0.3) is 11.3 Å². The van der Waals surface area contributed by atoms with E-state index in [1.807, 2.05) is 0 Å². The second-order valence-electron chi connectivity index (χ2n) is 5.09. The second kappa shape index (κ2) is 6.88. The number of amides is 1. The first-order valence-corrected chi connectivity index (χ1v) is 7.37. The molecule has 126 valence electrons. The van der Waals surface area contributed by atoms with Gasteiger partial charge in [-0.05, 0) is 24.3 Å². The van der Waals surface area contributed by atoms with Crippen LogP contribution in [-0.2, 0) is 4.79 Å². The summed E-state index contributed by atoms with van der Waals surface area (Å²) >= 11 is 0. The van der Waals surface area contributed by atoms with E-state index in [1.165, 1.54) is 13.1 Å². The third-order valence-electron chi connectivity index (χ3n) is 3.27. The van der Waals surface area contributed by atoms with Crippen molar-refractivity contribution in [3.63, 3.8) is 0 Å². The van der Waals surface area contributed by atoms with Gasteiger partial charge in [-0.1, -0.05) is 18.2 Å². The van der Waals surface area contributed by atoms with Gasteiger partial charge in [0.1, 0.15) is 0 Å². The van der Waals surface area contributed by atoms with Crippen LogP contribution in [0.2, 0.25) is 0 Å². The van der Waals surface area contributed by atoms with E-state index in [2.05, 4.69) is 10.3 Å². The van der Waals surface area contributed by atoms with Crippen molar-refractivity contribution in [2.45, 2.75) is 6.92 Å². The van der Waals surface area contributed by atoms with Gasteiger partial charge >= 0.3 is 5.97 Å². The number of anilines is 1. The average Bonchev–Trinajstić information content (AvgIpc) is 2.92. The Morgan fingerprint density at radius 1 is 1.16 bits per heavy atom. The molecule has 0 spiro atoms. The van der Waals surface area contributed by atoms with E-state index < -0.39 is 17.6 Å². The average molecular weight is 338 g/mol. The standard InChI is InChI=1S/C18H14N2O5/c1-11(21)24-16-14(22)15(13-8-5-9-19-10-13)25-18(16)20-17(23)12-6-3-2-4-7-12/h2-10,22H,1H3,(H,20,23). The minimum Gasteiger partial charge on any atom is -0.502 e. The highest BCUT2D eigenvalue weighted by Crippen LogP contribution is 2.46. The second-order valence-corrected chi connectivity index (χ2v) is 5.09. The van der Waals surface area contributed by atoms with Gasteiger partial charge in [-0.15, -0.1) is 0 Å². The summed E-state index contributed by atoms with van der Waals surface area (Å²) in [6.45, 7) is 1.18. The van der Waals surface area contributed by atoms with Gasteiger partial charge < -0.3 is 14.3 Å². The minimum absolute atomic E-state index is 0.0349. The molecule has 0 unspecified atom stereocenters. The topological polar surface area (TPSA) is 102 Å². The molecule has 7 nitrogen and oxygen atoms in total. The fourth-order valence-corrected chi connectivity index (χ4v) is 2.19. The fourth-order valence-electron chi connectivity index (χ4n) is 2.19. The Balaban J connectivity index is 2.00. The maximum Gasteiger partial charge on any atom is 0.308 e. The van der Waals surface area contributed by atoms with Crippen molar-refractivity contribution in [1.29, 1.82) is 0 Å². The number of esters is 1. The Morgan fingerprint density at radius 2 is 1.92 bits per heavy atom. The molecule has 25 heavy (non-hydrogen) atoms. The number of hydrogen-bond donors (Lipinski definition) is 2. The molecule has 0 atom stereocenters.